The van der Waals surface area contributed by atoms with Crippen molar-refractivity contribution < 1.29 is 0 Å². The molecule has 0 saturated heterocycles. The Hall–Kier alpha value is -0.340. The van der Waals surface area contributed by atoms with Gasteiger partial charge in [0.05, 0.1) is 0 Å². The van der Waals surface area contributed by atoms with Crippen LogP contribution >= 0.6 is 15.9 Å². The standard InChI is InChI=1S/C15H24BrN/c1-5-10-17-15(12(4)11(2)3)13-6-8-14(16)9-7-13/h6-9,11-12,15,17H,5,10H2,1-4H3. The monoisotopic (exact) mass is 297 g/mol. The number of nitrogens with one attached hydrogen (secondary N) is 1. The second-order valence-corrected chi connectivity index (χ2v) is 6.00. The molecule has 0 aliphatic rings. The van der Waals surface area contributed by atoms with Crippen molar-refractivity contribution in [1.82, 2.24) is 5.32 Å². The van der Waals surface area contributed by atoms with Crippen LogP contribution in [0.1, 0.15) is 45.7 Å². The van der Waals surface area contributed by atoms with Crippen LogP contribution in [0.4, 0.5) is 0 Å². The number of rotatable bonds is 6. The lowest BCUT2D eigenvalue weighted by Crippen LogP contribution is -2.30. The second kappa shape index (κ2) is 7.17. The molecule has 0 aliphatic carbocycles. The maximum Gasteiger partial charge on any atom is 0.0348 e. The topological polar surface area (TPSA) is 12.0 Å². The smallest absolute Gasteiger partial charge is 0.0348 e. The van der Waals surface area contributed by atoms with Crippen molar-refractivity contribution in [2.24, 2.45) is 11.8 Å². The lowest BCUT2D eigenvalue weighted by Gasteiger charge is -2.28. The summed E-state index contributed by atoms with van der Waals surface area (Å²) in [6.45, 7) is 10.2. The van der Waals surface area contributed by atoms with E-state index in [1.807, 2.05) is 0 Å². The summed E-state index contributed by atoms with van der Waals surface area (Å²) in [5.74, 6) is 1.33. The molecule has 1 N–H and O–H groups in total. The molecule has 1 aromatic rings. The Kier molecular flexibility index (Phi) is 6.21. The Bertz CT molecular complexity index is 318. The Morgan fingerprint density at radius 3 is 2.18 bits per heavy atom. The van der Waals surface area contributed by atoms with Crippen LogP contribution in [0.25, 0.3) is 0 Å². The fraction of sp³-hybridized carbons (Fsp3) is 0.600. The molecule has 0 aliphatic heterocycles. The van der Waals surface area contributed by atoms with E-state index < -0.39 is 0 Å². The summed E-state index contributed by atoms with van der Waals surface area (Å²) < 4.78 is 1.15. The molecular formula is C15H24BrN. The highest BCUT2D eigenvalue weighted by molar-refractivity contribution is 9.10. The number of halogens is 1. The minimum Gasteiger partial charge on any atom is -0.310 e. The lowest BCUT2D eigenvalue weighted by molar-refractivity contribution is 0.304. The Labute approximate surface area is 114 Å². The van der Waals surface area contributed by atoms with Crippen LogP contribution in [0.5, 0.6) is 0 Å². The summed E-state index contributed by atoms with van der Waals surface area (Å²) in [5.41, 5.74) is 1.39. The van der Waals surface area contributed by atoms with E-state index in [1.165, 1.54) is 12.0 Å². The average Bonchev–Trinajstić information content (AvgIpc) is 2.31. The predicted octanol–water partition coefficient (Wildman–Crippen LogP) is 4.78. The summed E-state index contributed by atoms with van der Waals surface area (Å²) in [6, 6.07) is 9.15. The van der Waals surface area contributed by atoms with Gasteiger partial charge < -0.3 is 5.32 Å². The van der Waals surface area contributed by atoms with Crippen LogP contribution in [0.15, 0.2) is 28.7 Å². The molecule has 0 aromatic heterocycles. The zero-order chi connectivity index (χ0) is 12.8. The van der Waals surface area contributed by atoms with Gasteiger partial charge in [0.1, 0.15) is 0 Å². The highest BCUT2D eigenvalue weighted by atomic mass is 79.9. The van der Waals surface area contributed by atoms with Gasteiger partial charge >= 0.3 is 0 Å². The summed E-state index contributed by atoms with van der Waals surface area (Å²) in [5, 5.41) is 3.67. The quantitative estimate of drug-likeness (QED) is 0.797. The molecule has 0 radical (unpaired) electrons. The molecule has 2 heteroatoms. The molecule has 0 bridgehead atoms. The fourth-order valence-electron chi connectivity index (χ4n) is 1.96. The number of hydrogen-bond acceptors (Lipinski definition) is 1. The largest absolute Gasteiger partial charge is 0.310 e. The van der Waals surface area contributed by atoms with Crippen molar-refractivity contribution in [2.75, 3.05) is 6.54 Å². The van der Waals surface area contributed by atoms with Gasteiger partial charge in [-0.3, -0.25) is 0 Å². The zero-order valence-electron chi connectivity index (χ0n) is 11.3. The van der Waals surface area contributed by atoms with E-state index in [2.05, 4.69) is 73.2 Å². The average molecular weight is 298 g/mol. The number of hydrogen-bond donors (Lipinski definition) is 1. The third kappa shape index (κ3) is 4.44. The van der Waals surface area contributed by atoms with Crippen molar-refractivity contribution in [1.29, 1.82) is 0 Å². The molecule has 0 heterocycles. The maximum atomic E-state index is 3.67. The van der Waals surface area contributed by atoms with Gasteiger partial charge in [-0.05, 0) is 42.5 Å². The second-order valence-electron chi connectivity index (χ2n) is 5.09. The molecule has 1 nitrogen and oxygen atoms in total. The van der Waals surface area contributed by atoms with Crippen LogP contribution < -0.4 is 5.32 Å². The molecule has 0 amide bonds. The van der Waals surface area contributed by atoms with Gasteiger partial charge in [-0.15, -0.1) is 0 Å². The molecule has 2 atom stereocenters. The van der Waals surface area contributed by atoms with Gasteiger partial charge in [0.25, 0.3) is 0 Å². The molecule has 1 aromatic carbocycles. The Balaban J connectivity index is 2.85. The van der Waals surface area contributed by atoms with Gasteiger partial charge in [-0.2, -0.15) is 0 Å². The van der Waals surface area contributed by atoms with E-state index in [0.29, 0.717) is 17.9 Å². The first kappa shape index (κ1) is 14.7. The van der Waals surface area contributed by atoms with Crippen molar-refractivity contribution in [3.05, 3.63) is 34.3 Å². The summed E-state index contributed by atoms with van der Waals surface area (Å²) >= 11 is 3.49. The van der Waals surface area contributed by atoms with Crippen molar-refractivity contribution >= 4 is 15.9 Å². The normalized spacial score (nSPS) is 14.9. The third-order valence-electron chi connectivity index (χ3n) is 3.42. The zero-order valence-corrected chi connectivity index (χ0v) is 12.9. The molecular weight excluding hydrogens is 274 g/mol. The van der Waals surface area contributed by atoms with Crippen LogP contribution in [0.3, 0.4) is 0 Å². The van der Waals surface area contributed by atoms with Crippen LogP contribution in [-0.2, 0) is 0 Å². The predicted molar refractivity (Wildman–Crippen MR) is 79.2 cm³/mol. The van der Waals surface area contributed by atoms with Gasteiger partial charge in [-0.1, -0.05) is 55.8 Å². The van der Waals surface area contributed by atoms with Gasteiger partial charge in [0.15, 0.2) is 0 Å². The summed E-state index contributed by atoms with van der Waals surface area (Å²) in [7, 11) is 0. The van der Waals surface area contributed by atoms with Crippen molar-refractivity contribution in [2.45, 2.75) is 40.2 Å². The first-order valence-corrected chi connectivity index (χ1v) is 7.34. The minimum atomic E-state index is 0.461. The van der Waals surface area contributed by atoms with E-state index in [0.717, 1.165) is 11.0 Å². The molecule has 1 rings (SSSR count). The van der Waals surface area contributed by atoms with Crippen molar-refractivity contribution in [3.8, 4) is 0 Å². The first-order chi connectivity index (χ1) is 8.06. The van der Waals surface area contributed by atoms with E-state index in [-0.39, 0.29) is 0 Å². The maximum absolute atomic E-state index is 3.67. The van der Waals surface area contributed by atoms with E-state index in [9.17, 15) is 0 Å². The van der Waals surface area contributed by atoms with E-state index in [1.54, 1.807) is 0 Å². The Morgan fingerprint density at radius 2 is 1.71 bits per heavy atom. The molecule has 96 valence electrons. The highest BCUT2D eigenvalue weighted by Crippen LogP contribution is 2.28. The first-order valence-electron chi connectivity index (χ1n) is 6.55. The molecule has 17 heavy (non-hydrogen) atoms. The van der Waals surface area contributed by atoms with Gasteiger partial charge in [0, 0.05) is 10.5 Å². The van der Waals surface area contributed by atoms with E-state index in [4.69, 9.17) is 0 Å². The van der Waals surface area contributed by atoms with E-state index >= 15 is 0 Å². The lowest BCUT2D eigenvalue weighted by atomic mass is 9.86. The fourth-order valence-corrected chi connectivity index (χ4v) is 2.23. The highest BCUT2D eigenvalue weighted by Gasteiger charge is 2.21. The van der Waals surface area contributed by atoms with Crippen LogP contribution in [-0.4, -0.2) is 6.54 Å². The molecule has 0 fully saturated rings. The summed E-state index contributed by atoms with van der Waals surface area (Å²) in [4.78, 5) is 0. The Morgan fingerprint density at radius 1 is 1.12 bits per heavy atom. The van der Waals surface area contributed by atoms with Crippen LogP contribution in [0, 0.1) is 11.8 Å². The van der Waals surface area contributed by atoms with Crippen molar-refractivity contribution in [3.63, 3.8) is 0 Å². The number of benzene rings is 1. The third-order valence-corrected chi connectivity index (χ3v) is 3.95. The molecule has 0 spiro atoms. The van der Waals surface area contributed by atoms with Gasteiger partial charge in [0.2, 0.25) is 0 Å². The SMILES string of the molecule is CCCNC(c1ccc(Br)cc1)C(C)C(C)C. The van der Waals surface area contributed by atoms with Gasteiger partial charge in [-0.25, -0.2) is 0 Å². The molecule has 2 unspecified atom stereocenters. The van der Waals surface area contributed by atoms with Crippen LogP contribution in [0.2, 0.25) is 0 Å². The summed E-state index contributed by atoms with van der Waals surface area (Å²) in [6.07, 6.45) is 1.18. The minimum absolute atomic E-state index is 0.461. The molecule has 0 saturated carbocycles.